The number of rotatable bonds is 9. The van der Waals surface area contributed by atoms with Crippen LogP contribution in [0.3, 0.4) is 0 Å². The van der Waals surface area contributed by atoms with Gasteiger partial charge >= 0.3 is 5.97 Å². The Labute approximate surface area is 184 Å². The van der Waals surface area contributed by atoms with Crippen molar-refractivity contribution in [1.82, 2.24) is 4.90 Å². The molecule has 0 spiro atoms. The van der Waals surface area contributed by atoms with Crippen molar-refractivity contribution < 1.29 is 22.7 Å². The minimum atomic E-state index is -3.88. The maximum Gasteiger partial charge on any atom is 0.338 e. The normalized spacial score (nSPS) is 11.5. The van der Waals surface area contributed by atoms with Gasteiger partial charge in [-0.25, -0.2) is 13.2 Å². The number of sulfonamides is 1. The lowest BCUT2D eigenvalue weighted by Crippen LogP contribution is -2.44. The van der Waals surface area contributed by atoms with Crippen LogP contribution in [-0.2, 0) is 19.6 Å². The van der Waals surface area contributed by atoms with Crippen molar-refractivity contribution >= 4 is 27.6 Å². The van der Waals surface area contributed by atoms with E-state index in [1.165, 1.54) is 28.6 Å². The maximum absolute atomic E-state index is 13.2. The van der Waals surface area contributed by atoms with Crippen LogP contribution in [0.2, 0.25) is 0 Å². The van der Waals surface area contributed by atoms with Gasteiger partial charge in [0.2, 0.25) is 0 Å². The second-order valence-electron chi connectivity index (χ2n) is 7.60. The van der Waals surface area contributed by atoms with Crippen molar-refractivity contribution in [1.29, 1.82) is 0 Å². The fourth-order valence-electron chi connectivity index (χ4n) is 3.45. The summed E-state index contributed by atoms with van der Waals surface area (Å²) in [6.07, 6.45) is 0. The summed E-state index contributed by atoms with van der Waals surface area (Å²) < 4.78 is 32.8. The Morgan fingerprint density at radius 3 is 2.10 bits per heavy atom. The van der Waals surface area contributed by atoms with E-state index in [-0.39, 0.29) is 35.0 Å². The summed E-state index contributed by atoms with van der Waals surface area (Å²) in [7, 11) is -3.88. The van der Waals surface area contributed by atoms with Gasteiger partial charge < -0.3 is 9.64 Å². The summed E-state index contributed by atoms with van der Waals surface area (Å²) in [5, 5.41) is 0. The van der Waals surface area contributed by atoms with Gasteiger partial charge in [0.05, 0.1) is 16.1 Å². The number of carbonyl (C=O) groups is 2. The average Bonchev–Trinajstić information content (AvgIpc) is 2.72. The summed E-state index contributed by atoms with van der Waals surface area (Å²) >= 11 is 0. The molecule has 0 N–H and O–H groups in total. The molecule has 7 nitrogen and oxygen atoms in total. The van der Waals surface area contributed by atoms with E-state index in [0.717, 1.165) is 0 Å². The molecular formula is C23H30N2O5S. The van der Waals surface area contributed by atoms with Gasteiger partial charge in [-0.15, -0.1) is 0 Å². The Kier molecular flexibility index (Phi) is 8.21. The highest BCUT2D eigenvalue weighted by Crippen LogP contribution is 2.24. The van der Waals surface area contributed by atoms with Crippen molar-refractivity contribution in [2.75, 3.05) is 17.5 Å². The fourth-order valence-corrected chi connectivity index (χ4v) is 4.97. The zero-order valence-electron chi connectivity index (χ0n) is 18.6. The average molecular weight is 447 g/mol. The standard InChI is InChI=1S/C23H30N2O5S/c1-6-24(20-12-8-7-9-13-20)31(28,29)21-14-10-11-19(15-21)23(27)30-16-22(26)25(17(2)3)18(4)5/h7-15,17-18H,6,16H2,1-5H3. The molecule has 2 rings (SSSR count). The smallest absolute Gasteiger partial charge is 0.338 e. The van der Waals surface area contributed by atoms with Gasteiger partial charge in [0, 0.05) is 18.6 Å². The molecule has 31 heavy (non-hydrogen) atoms. The Hall–Kier alpha value is -2.87. The predicted octanol–water partition coefficient (Wildman–Crippen LogP) is 3.70. The molecule has 0 aromatic heterocycles. The Morgan fingerprint density at radius 2 is 1.55 bits per heavy atom. The number of amides is 1. The Morgan fingerprint density at radius 1 is 0.935 bits per heavy atom. The molecule has 0 bridgehead atoms. The van der Waals surface area contributed by atoms with Gasteiger partial charge in [0.1, 0.15) is 0 Å². The molecular weight excluding hydrogens is 416 g/mol. The number of hydrogen-bond donors (Lipinski definition) is 0. The molecule has 0 atom stereocenters. The first kappa shape index (κ1) is 24.4. The van der Waals surface area contributed by atoms with Crippen molar-refractivity contribution in [2.24, 2.45) is 0 Å². The van der Waals surface area contributed by atoms with Crippen LogP contribution in [0.25, 0.3) is 0 Å². The first-order valence-electron chi connectivity index (χ1n) is 10.3. The van der Waals surface area contributed by atoms with Gasteiger partial charge in [-0.1, -0.05) is 24.3 Å². The highest BCUT2D eigenvalue weighted by molar-refractivity contribution is 7.92. The van der Waals surface area contributed by atoms with E-state index in [2.05, 4.69) is 0 Å². The zero-order valence-corrected chi connectivity index (χ0v) is 19.4. The summed E-state index contributed by atoms with van der Waals surface area (Å²) in [6.45, 7) is 9.12. The second-order valence-corrected chi connectivity index (χ2v) is 9.46. The molecule has 0 heterocycles. The van der Waals surface area contributed by atoms with Crippen LogP contribution in [0.5, 0.6) is 0 Å². The van der Waals surface area contributed by atoms with Crippen LogP contribution in [-0.4, -0.2) is 50.4 Å². The number of ether oxygens (including phenoxy) is 1. The number of esters is 1. The molecule has 0 unspecified atom stereocenters. The molecule has 8 heteroatoms. The van der Waals surface area contributed by atoms with Crippen LogP contribution >= 0.6 is 0 Å². The topological polar surface area (TPSA) is 84.0 Å². The van der Waals surface area contributed by atoms with E-state index in [4.69, 9.17) is 4.74 Å². The quantitative estimate of drug-likeness (QED) is 0.549. The minimum Gasteiger partial charge on any atom is -0.452 e. The molecule has 0 saturated heterocycles. The first-order valence-corrected chi connectivity index (χ1v) is 11.7. The lowest BCUT2D eigenvalue weighted by atomic mass is 10.2. The molecule has 0 aliphatic rings. The van der Waals surface area contributed by atoms with Crippen molar-refractivity contribution in [2.45, 2.75) is 51.6 Å². The van der Waals surface area contributed by atoms with E-state index >= 15 is 0 Å². The lowest BCUT2D eigenvalue weighted by Gasteiger charge is -2.30. The van der Waals surface area contributed by atoms with Crippen molar-refractivity contribution in [3.05, 3.63) is 60.2 Å². The van der Waals surface area contributed by atoms with E-state index in [9.17, 15) is 18.0 Å². The Bertz CT molecular complexity index is 996. The Balaban J connectivity index is 2.21. The zero-order chi connectivity index (χ0) is 23.2. The van der Waals surface area contributed by atoms with Gasteiger partial charge in [0.15, 0.2) is 6.61 Å². The van der Waals surface area contributed by atoms with E-state index in [1.807, 2.05) is 33.8 Å². The van der Waals surface area contributed by atoms with Gasteiger partial charge in [0.25, 0.3) is 15.9 Å². The van der Waals surface area contributed by atoms with Gasteiger partial charge in [-0.3, -0.25) is 9.10 Å². The number of anilines is 1. The molecule has 0 aliphatic carbocycles. The van der Waals surface area contributed by atoms with Gasteiger partial charge in [-0.2, -0.15) is 0 Å². The third-order valence-electron chi connectivity index (χ3n) is 4.72. The second kappa shape index (κ2) is 10.4. The number of hydrogen-bond acceptors (Lipinski definition) is 5. The van der Waals surface area contributed by atoms with Crippen LogP contribution < -0.4 is 4.31 Å². The summed E-state index contributed by atoms with van der Waals surface area (Å²) in [5.41, 5.74) is 0.602. The maximum atomic E-state index is 13.2. The molecule has 2 aromatic carbocycles. The number of carbonyl (C=O) groups excluding carboxylic acids is 2. The van der Waals surface area contributed by atoms with Crippen LogP contribution in [0.1, 0.15) is 45.0 Å². The largest absolute Gasteiger partial charge is 0.452 e. The summed E-state index contributed by atoms with van der Waals surface area (Å²) in [5.74, 6) is -1.05. The molecule has 0 fully saturated rings. The number of para-hydroxylation sites is 1. The monoisotopic (exact) mass is 446 g/mol. The van der Waals surface area contributed by atoms with E-state index in [0.29, 0.717) is 5.69 Å². The highest BCUT2D eigenvalue weighted by atomic mass is 32.2. The molecule has 0 radical (unpaired) electrons. The first-order chi connectivity index (χ1) is 14.6. The molecule has 0 aliphatic heterocycles. The number of benzene rings is 2. The minimum absolute atomic E-state index is 0.0232. The van der Waals surface area contributed by atoms with Crippen molar-refractivity contribution in [3.63, 3.8) is 0 Å². The SMILES string of the molecule is CCN(c1ccccc1)S(=O)(=O)c1cccc(C(=O)OCC(=O)N(C(C)C)C(C)C)c1. The predicted molar refractivity (Wildman–Crippen MR) is 120 cm³/mol. The van der Waals surface area contributed by atoms with Gasteiger partial charge in [-0.05, 0) is 65.0 Å². The van der Waals surface area contributed by atoms with E-state index in [1.54, 1.807) is 36.1 Å². The highest BCUT2D eigenvalue weighted by Gasteiger charge is 2.25. The van der Waals surface area contributed by atoms with E-state index < -0.39 is 22.6 Å². The molecule has 0 saturated carbocycles. The third-order valence-corrected chi connectivity index (χ3v) is 6.62. The summed E-state index contributed by atoms with van der Waals surface area (Å²) in [6, 6.07) is 14.3. The van der Waals surface area contributed by atoms with Crippen LogP contribution in [0.15, 0.2) is 59.5 Å². The fraction of sp³-hybridized carbons (Fsp3) is 0.391. The lowest BCUT2D eigenvalue weighted by molar-refractivity contribution is -0.138. The number of nitrogens with zero attached hydrogens (tertiary/aromatic N) is 2. The van der Waals surface area contributed by atoms with Crippen molar-refractivity contribution in [3.8, 4) is 0 Å². The van der Waals surface area contributed by atoms with Crippen LogP contribution in [0.4, 0.5) is 5.69 Å². The molecule has 168 valence electrons. The van der Waals surface area contributed by atoms with Crippen LogP contribution in [0, 0.1) is 0 Å². The molecule has 1 amide bonds. The third kappa shape index (κ3) is 5.85. The summed E-state index contributed by atoms with van der Waals surface area (Å²) in [4.78, 5) is 26.5. The molecule has 2 aromatic rings.